The molecule has 0 fully saturated rings. The van der Waals surface area contributed by atoms with E-state index < -0.39 is 27.9 Å². The van der Waals surface area contributed by atoms with E-state index >= 15 is 0 Å². The third-order valence-electron chi connectivity index (χ3n) is 7.01. The van der Waals surface area contributed by atoms with Crippen LogP contribution in [0.1, 0.15) is 22.5 Å². The van der Waals surface area contributed by atoms with Crippen molar-refractivity contribution in [1.29, 1.82) is 0 Å². The fraction of sp³-hybridized carbons (Fsp3) is 0.156. The minimum Gasteiger partial charge on any atom is -0.480 e. The lowest BCUT2D eigenvalue weighted by Crippen LogP contribution is -2.41. The standard InChI is InChI=1S/C32H30N4O5S2/c1-42-16-15-30(32(38)39)35-31(37)28-14-12-26(18-29(28)23-8-3-2-4-9-23)36(20-25-19-33-21-34-25)43(40,41)27-13-11-22-7-5-6-10-24(22)17-27/h2-14,17-19,21,30H,15-16,20H2,1H3,(H,33,34)(H,35,37)(H,38,39)/t30-/m0/s1. The van der Waals surface area contributed by atoms with Gasteiger partial charge in [0.25, 0.3) is 15.9 Å². The summed E-state index contributed by atoms with van der Waals surface area (Å²) in [4.78, 5) is 32.5. The van der Waals surface area contributed by atoms with E-state index in [-0.39, 0.29) is 23.4 Å². The molecule has 0 radical (unpaired) electrons. The Balaban J connectivity index is 1.61. The monoisotopic (exact) mass is 614 g/mol. The molecule has 220 valence electrons. The zero-order chi connectivity index (χ0) is 30.4. The summed E-state index contributed by atoms with van der Waals surface area (Å²) in [6.07, 6.45) is 5.18. The molecule has 1 aromatic heterocycles. The van der Waals surface area contributed by atoms with E-state index in [9.17, 15) is 23.1 Å². The van der Waals surface area contributed by atoms with Crippen molar-refractivity contribution in [2.45, 2.75) is 23.9 Å². The van der Waals surface area contributed by atoms with Crippen molar-refractivity contribution in [2.24, 2.45) is 0 Å². The molecule has 0 saturated heterocycles. The van der Waals surface area contributed by atoms with Crippen LogP contribution in [0.15, 0.2) is 108 Å². The highest BCUT2D eigenvalue weighted by atomic mass is 32.2. The van der Waals surface area contributed by atoms with Crippen molar-refractivity contribution in [3.8, 4) is 11.1 Å². The van der Waals surface area contributed by atoms with Crippen molar-refractivity contribution in [3.05, 3.63) is 115 Å². The van der Waals surface area contributed by atoms with Gasteiger partial charge in [-0.1, -0.05) is 60.7 Å². The van der Waals surface area contributed by atoms with Crippen molar-refractivity contribution >= 4 is 50.1 Å². The first kappa shape index (κ1) is 29.9. The Morgan fingerprint density at radius 2 is 1.72 bits per heavy atom. The van der Waals surface area contributed by atoms with E-state index in [4.69, 9.17) is 0 Å². The minimum absolute atomic E-state index is 0.0370. The summed E-state index contributed by atoms with van der Waals surface area (Å²) in [5.41, 5.74) is 2.28. The summed E-state index contributed by atoms with van der Waals surface area (Å²) in [5, 5.41) is 14.0. The molecule has 0 unspecified atom stereocenters. The molecule has 9 nitrogen and oxygen atoms in total. The summed E-state index contributed by atoms with van der Waals surface area (Å²) < 4.78 is 29.7. The zero-order valence-corrected chi connectivity index (χ0v) is 24.9. The molecule has 11 heteroatoms. The Bertz CT molecular complexity index is 1840. The van der Waals surface area contributed by atoms with Crippen LogP contribution in [-0.2, 0) is 21.4 Å². The van der Waals surface area contributed by atoms with Crippen LogP contribution in [0.2, 0.25) is 0 Å². The smallest absolute Gasteiger partial charge is 0.326 e. The fourth-order valence-corrected chi connectivity index (χ4v) is 6.71. The summed E-state index contributed by atoms with van der Waals surface area (Å²) in [5.74, 6) is -1.11. The number of amides is 1. The summed E-state index contributed by atoms with van der Waals surface area (Å²) >= 11 is 1.49. The molecular weight excluding hydrogens is 585 g/mol. The lowest BCUT2D eigenvalue weighted by Gasteiger charge is -2.25. The molecule has 1 amide bonds. The molecule has 0 bridgehead atoms. The van der Waals surface area contributed by atoms with Gasteiger partial charge in [-0.2, -0.15) is 11.8 Å². The maximum Gasteiger partial charge on any atom is 0.326 e. The number of hydrogen-bond donors (Lipinski definition) is 3. The first-order valence-corrected chi connectivity index (χ1v) is 16.3. The molecule has 0 aliphatic carbocycles. The molecule has 0 aliphatic heterocycles. The van der Waals surface area contributed by atoms with Gasteiger partial charge in [0.1, 0.15) is 6.04 Å². The second kappa shape index (κ2) is 13.1. The molecule has 0 aliphatic rings. The number of nitrogens with zero attached hydrogens (tertiary/aromatic N) is 2. The SMILES string of the molecule is CSCC[C@H](NC(=O)c1ccc(N(Cc2cnc[nH]2)S(=O)(=O)c2ccc3ccccc3c2)cc1-c1ccccc1)C(=O)O. The normalized spacial score (nSPS) is 12.1. The molecule has 1 heterocycles. The van der Waals surface area contributed by atoms with Crippen molar-refractivity contribution in [2.75, 3.05) is 16.3 Å². The van der Waals surface area contributed by atoms with Gasteiger partial charge in [-0.05, 0) is 70.7 Å². The number of carbonyl (C=O) groups excluding carboxylic acids is 1. The van der Waals surface area contributed by atoms with Crippen LogP contribution >= 0.6 is 11.8 Å². The minimum atomic E-state index is -4.09. The van der Waals surface area contributed by atoms with Gasteiger partial charge in [0, 0.05) is 11.8 Å². The maximum atomic E-state index is 14.2. The van der Waals surface area contributed by atoms with E-state index in [0.29, 0.717) is 28.3 Å². The van der Waals surface area contributed by atoms with Crippen LogP contribution in [0.4, 0.5) is 5.69 Å². The van der Waals surface area contributed by atoms with Gasteiger partial charge in [-0.15, -0.1) is 0 Å². The number of aliphatic carboxylic acids is 1. The Kier molecular flexibility index (Phi) is 9.13. The largest absolute Gasteiger partial charge is 0.480 e. The number of carboxylic acids is 1. The van der Waals surface area contributed by atoms with Gasteiger partial charge in [0.2, 0.25) is 0 Å². The van der Waals surface area contributed by atoms with Gasteiger partial charge in [-0.25, -0.2) is 18.2 Å². The number of hydrogen-bond acceptors (Lipinski definition) is 6. The molecule has 0 saturated carbocycles. The highest BCUT2D eigenvalue weighted by molar-refractivity contribution is 7.98. The number of fused-ring (bicyclic) bond motifs is 1. The maximum absolute atomic E-state index is 14.2. The second-order valence-electron chi connectivity index (χ2n) is 9.84. The van der Waals surface area contributed by atoms with E-state index in [1.54, 1.807) is 36.5 Å². The number of H-pyrrole nitrogens is 1. The van der Waals surface area contributed by atoms with Gasteiger partial charge < -0.3 is 15.4 Å². The number of thioether (sulfide) groups is 1. The van der Waals surface area contributed by atoms with E-state index in [1.807, 2.05) is 60.9 Å². The first-order valence-electron chi connectivity index (χ1n) is 13.5. The highest BCUT2D eigenvalue weighted by Gasteiger charge is 2.28. The number of carboxylic acid groups (broad SMARTS) is 1. The van der Waals surface area contributed by atoms with Gasteiger partial charge in [-0.3, -0.25) is 9.10 Å². The molecule has 43 heavy (non-hydrogen) atoms. The van der Waals surface area contributed by atoms with Gasteiger partial charge in [0.15, 0.2) is 0 Å². The quantitative estimate of drug-likeness (QED) is 0.168. The van der Waals surface area contributed by atoms with Gasteiger partial charge >= 0.3 is 5.97 Å². The number of aromatic amines is 1. The molecular formula is C32H30N4O5S2. The molecule has 3 N–H and O–H groups in total. The number of nitrogens with one attached hydrogen (secondary N) is 2. The van der Waals surface area contributed by atoms with E-state index in [1.165, 1.54) is 28.5 Å². The number of benzene rings is 4. The summed E-state index contributed by atoms with van der Waals surface area (Å²) in [6, 6.07) is 25.3. The number of sulfonamides is 1. The molecule has 0 spiro atoms. The average Bonchev–Trinajstić information content (AvgIpc) is 3.55. The van der Waals surface area contributed by atoms with E-state index in [2.05, 4.69) is 15.3 Å². The topological polar surface area (TPSA) is 132 Å². The number of aromatic nitrogens is 2. The van der Waals surface area contributed by atoms with Crippen LogP contribution in [0.3, 0.4) is 0 Å². The molecule has 1 atom stereocenters. The fourth-order valence-electron chi connectivity index (χ4n) is 4.77. The summed E-state index contributed by atoms with van der Waals surface area (Å²) in [6.45, 7) is -0.0370. The lowest BCUT2D eigenvalue weighted by atomic mass is 9.98. The van der Waals surface area contributed by atoms with Crippen molar-refractivity contribution in [3.63, 3.8) is 0 Å². The Labute approximate surface area is 254 Å². The van der Waals surface area contributed by atoms with Crippen LogP contribution in [0, 0.1) is 0 Å². The molecule has 5 aromatic rings. The van der Waals surface area contributed by atoms with Crippen molar-refractivity contribution < 1.29 is 23.1 Å². The Hall–Kier alpha value is -4.61. The zero-order valence-electron chi connectivity index (χ0n) is 23.3. The predicted octanol–water partition coefficient (Wildman–Crippen LogP) is 5.56. The molecule has 5 rings (SSSR count). The highest BCUT2D eigenvalue weighted by Crippen LogP contribution is 2.33. The predicted molar refractivity (Wildman–Crippen MR) is 170 cm³/mol. The first-order chi connectivity index (χ1) is 20.8. The van der Waals surface area contributed by atoms with Crippen LogP contribution in [0.5, 0.6) is 0 Å². The van der Waals surface area contributed by atoms with Crippen LogP contribution in [0.25, 0.3) is 21.9 Å². The van der Waals surface area contributed by atoms with Crippen molar-refractivity contribution in [1.82, 2.24) is 15.3 Å². The number of carbonyl (C=O) groups is 2. The van der Waals surface area contributed by atoms with Crippen LogP contribution < -0.4 is 9.62 Å². The number of rotatable bonds is 12. The average molecular weight is 615 g/mol. The number of imidazole rings is 1. The van der Waals surface area contributed by atoms with Gasteiger partial charge in [0.05, 0.1) is 29.1 Å². The van der Waals surface area contributed by atoms with Crippen LogP contribution in [-0.4, -0.2) is 53.4 Å². The Morgan fingerprint density at radius 3 is 2.42 bits per heavy atom. The Morgan fingerprint density at radius 1 is 0.977 bits per heavy atom. The number of anilines is 1. The third-order valence-corrected chi connectivity index (χ3v) is 9.43. The van der Waals surface area contributed by atoms with E-state index in [0.717, 1.165) is 10.8 Å². The summed E-state index contributed by atoms with van der Waals surface area (Å²) in [7, 11) is -4.09. The lowest BCUT2D eigenvalue weighted by molar-refractivity contribution is -0.139. The third kappa shape index (κ3) is 6.73. The second-order valence-corrected chi connectivity index (χ2v) is 12.7. The molecule has 4 aromatic carbocycles.